The first-order chi connectivity index (χ1) is 10.2. The van der Waals surface area contributed by atoms with E-state index in [9.17, 15) is 18.4 Å². The van der Waals surface area contributed by atoms with Crippen LogP contribution in [0.5, 0.6) is 0 Å². The smallest absolute Gasteiger partial charge is 0.309 e. The molecule has 0 spiro atoms. The van der Waals surface area contributed by atoms with Gasteiger partial charge in [-0.15, -0.1) is 0 Å². The molecule has 1 aliphatic rings. The quantitative estimate of drug-likeness (QED) is 0.873. The van der Waals surface area contributed by atoms with Crippen molar-refractivity contribution in [2.24, 2.45) is 11.8 Å². The van der Waals surface area contributed by atoms with Gasteiger partial charge >= 0.3 is 5.97 Å². The molecule has 2 rings (SSSR count). The number of hydrogen-bond acceptors (Lipinski definition) is 3. The number of alkyl halides is 2. The normalized spacial score (nSPS) is 23.1. The first-order valence-electron chi connectivity index (χ1n) is 7.07. The highest BCUT2D eigenvalue weighted by atomic mass is 19.3. The van der Waals surface area contributed by atoms with E-state index in [-0.39, 0.29) is 0 Å². The van der Waals surface area contributed by atoms with Gasteiger partial charge < -0.3 is 10.1 Å². The van der Waals surface area contributed by atoms with Gasteiger partial charge in [0.25, 0.3) is 0 Å². The van der Waals surface area contributed by atoms with Gasteiger partial charge in [0, 0.05) is 18.5 Å². The van der Waals surface area contributed by atoms with Crippen molar-refractivity contribution >= 4 is 17.6 Å². The Kier molecular flexibility index (Phi) is 4.49. The summed E-state index contributed by atoms with van der Waals surface area (Å²) in [4.78, 5) is 24.0. The van der Waals surface area contributed by atoms with Gasteiger partial charge in [0.2, 0.25) is 11.8 Å². The van der Waals surface area contributed by atoms with Crippen LogP contribution in [0.25, 0.3) is 0 Å². The number of halogens is 2. The van der Waals surface area contributed by atoms with Gasteiger partial charge in [-0.25, -0.2) is 8.78 Å². The van der Waals surface area contributed by atoms with E-state index in [2.05, 4.69) is 10.1 Å². The molecule has 1 amide bonds. The van der Waals surface area contributed by atoms with Crippen LogP contribution < -0.4 is 5.32 Å². The molecule has 1 saturated carbocycles. The minimum absolute atomic E-state index is 0.564. The lowest BCUT2D eigenvalue weighted by Gasteiger charge is -2.17. The predicted molar refractivity (Wildman–Crippen MR) is 77.7 cm³/mol. The van der Waals surface area contributed by atoms with Gasteiger partial charge in [-0.3, -0.25) is 9.59 Å². The molecule has 0 aromatic heterocycles. The number of aryl methyl sites for hydroxylation is 2. The summed E-state index contributed by atoms with van der Waals surface area (Å²) in [6.07, 6.45) is -1.28. The molecule has 0 unspecified atom stereocenters. The predicted octanol–water partition coefficient (Wildman–Crippen LogP) is 3.08. The van der Waals surface area contributed by atoms with Crippen LogP contribution in [0.1, 0.15) is 24.0 Å². The molecular formula is C16H19F2NO3. The summed E-state index contributed by atoms with van der Waals surface area (Å²) in [5.41, 5.74) is 2.44. The fourth-order valence-electron chi connectivity index (χ4n) is 2.87. The summed E-state index contributed by atoms with van der Waals surface area (Å²) in [6.45, 7) is 3.74. The Hall–Kier alpha value is -1.98. The standard InChI is InChI=1S/C16H19F2NO3/c1-9-4-5-13(10(2)6-9)19-14(20)11-7-16(17,18)8-12(11)15(21)22-3/h4-6,11-12H,7-8H2,1-3H3,(H,19,20)/t11-,12-/m0/s1. The van der Waals surface area contributed by atoms with E-state index in [4.69, 9.17) is 0 Å². The topological polar surface area (TPSA) is 55.4 Å². The van der Waals surface area contributed by atoms with E-state index in [1.54, 1.807) is 6.07 Å². The fraction of sp³-hybridized carbons (Fsp3) is 0.500. The average Bonchev–Trinajstić information content (AvgIpc) is 2.77. The van der Waals surface area contributed by atoms with E-state index in [0.29, 0.717) is 5.69 Å². The zero-order chi connectivity index (χ0) is 16.5. The van der Waals surface area contributed by atoms with Crippen LogP contribution >= 0.6 is 0 Å². The minimum atomic E-state index is -3.02. The summed E-state index contributed by atoms with van der Waals surface area (Å²) in [7, 11) is 1.14. The number of anilines is 1. The van der Waals surface area contributed by atoms with Crippen LogP contribution in [0.2, 0.25) is 0 Å². The second-order valence-electron chi connectivity index (χ2n) is 5.81. The summed E-state index contributed by atoms with van der Waals surface area (Å²) in [6, 6.07) is 5.43. The number of methoxy groups -OCH3 is 1. The third-order valence-electron chi connectivity index (χ3n) is 4.00. The molecule has 6 heteroatoms. The van der Waals surface area contributed by atoms with Crippen molar-refractivity contribution in [1.29, 1.82) is 0 Å². The molecule has 0 bridgehead atoms. The van der Waals surface area contributed by atoms with Crippen LogP contribution in [0.3, 0.4) is 0 Å². The highest BCUT2D eigenvalue weighted by Gasteiger charge is 2.52. The summed E-state index contributed by atoms with van der Waals surface area (Å²) in [5, 5.41) is 2.65. The Morgan fingerprint density at radius 2 is 1.86 bits per heavy atom. The Bertz CT molecular complexity index is 601. The second kappa shape index (κ2) is 6.02. The molecule has 1 N–H and O–H groups in total. The fourth-order valence-corrected chi connectivity index (χ4v) is 2.87. The molecular weight excluding hydrogens is 292 g/mol. The Balaban J connectivity index is 2.18. The third-order valence-corrected chi connectivity index (χ3v) is 4.00. The molecule has 1 fully saturated rings. The van der Waals surface area contributed by atoms with Crippen molar-refractivity contribution in [3.63, 3.8) is 0 Å². The van der Waals surface area contributed by atoms with Crippen molar-refractivity contribution in [3.8, 4) is 0 Å². The Labute approximate surface area is 127 Å². The summed E-state index contributed by atoms with van der Waals surface area (Å²) >= 11 is 0. The third kappa shape index (κ3) is 3.43. The lowest BCUT2D eigenvalue weighted by molar-refractivity contribution is -0.149. The van der Waals surface area contributed by atoms with Gasteiger partial charge in [0.15, 0.2) is 0 Å². The molecule has 0 saturated heterocycles. The molecule has 120 valence electrons. The highest BCUT2D eigenvalue weighted by Crippen LogP contribution is 2.44. The number of benzene rings is 1. The van der Waals surface area contributed by atoms with Crippen molar-refractivity contribution in [3.05, 3.63) is 29.3 Å². The maximum absolute atomic E-state index is 13.6. The number of carbonyl (C=O) groups excluding carboxylic acids is 2. The number of hydrogen-bond donors (Lipinski definition) is 1. The van der Waals surface area contributed by atoms with Crippen LogP contribution in [-0.4, -0.2) is 24.9 Å². The molecule has 22 heavy (non-hydrogen) atoms. The van der Waals surface area contributed by atoms with Crippen molar-refractivity contribution in [1.82, 2.24) is 0 Å². The highest BCUT2D eigenvalue weighted by molar-refractivity contribution is 5.96. The monoisotopic (exact) mass is 311 g/mol. The van der Waals surface area contributed by atoms with Crippen LogP contribution in [0.15, 0.2) is 18.2 Å². The van der Waals surface area contributed by atoms with Crippen LogP contribution in [-0.2, 0) is 14.3 Å². The van der Waals surface area contributed by atoms with Gasteiger partial charge in [-0.2, -0.15) is 0 Å². The summed E-state index contributed by atoms with van der Waals surface area (Å²) < 4.78 is 31.7. The Morgan fingerprint density at radius 3 is 2.45 bits per heavy atom. The van der Waals surface area contributed by atoms with Gasteiger partial charge in [-0.05, 0) is 25.5 Å². The number of ether oxygens (including phenoxy) is 1. The van der Waals surface area contributed by atoms with Crippen molar-refractivity contribution in [2.45, 2.75) is 32.6 Å². The van der Waals surface area contributed by atoms with Crippen molar-refractivity contribution < 1.29 is 23.1 Å². The molecule has 1 aliphatic carbocycles. The van der Waals surface area contributed by atoms with Crippen LogP contribution in [0, 0.1) is 25.7 Å². The molecule has 0 heterocycles. The Morgan fingerprint density at radius 1 is 1.23 bits per heavy atom. The van der Waals surface area contributed by atoms with E-state index in [1.807, 2.05) is 26.0 Å². The van der Waals surface area contributed by atoms with E-state index in [1.165, 1.54) is 0 Å². The van der Waals surface area contributed by atoms with Gasteiger partial charge in [0.05, 0.1) is 18.9 Å². The van der Waals surface area contributed by atoms with E-state index in [0.717, 1.165) is 18.2 Å². The number of carbonyl (C=O) groups is 2. The molecule has 4 nitrogen and oxygen atoms in total. The maximum atomic E-state index is 13.6. The zero-order valence-electron chi connectivity index (χ0n) is 12.8. The van der Waals surface area contributed by atoms with Gasteiger partial charge in [0.1, 0.15) is 0 Å². The number of rotatable bonds is 3. The average molecular weight is 311 g/mol. The molecule has 1 aromatic carbocycles. The number of nitrogens with one attached hydrogen (secondary N) is 1. The van der Waals surface area contributed by atoms with E-state index < -0.39 is 42.5 Å². The minimum Gasteiger partial charge on any atom is -0.469 e. The van der Waals surface area contributed by atoms with Crippen molar-refractivity contribution in [2.75, 3.05) is 12.4 Å². The first kappa shape index (κ1) is 16.4. The summed E-state index contributed by atoms with van der Waals surface area (Å²) in [5.74, 6) is -6.55. The second-order valence-corrected chi connectivity index (χ2v) is 5.81. The lowest BCUT2D eigenvalue weighted by atomic mass is 9.95. The molecule has 1 aromatic rings. The van der Waals surface area contributed by atoms with Crippen LogP contribution in [0.4, 0.5) is 14.5 Å². The van der Waals surface area contributed by atoms with E-state index >= 15 is 0 Å². The largest absolute Gasteiger partial charge is 0.469 e. The SMILES string of the molecule is COC(=O)[C@H]1CC(F)(F)C[C@@H]1C(=O)Nc1ccc(C)cc1C. The number of esters is 1. The molecule has 2 atom stereocenters. The van der Waals surface area contributed by atoms with Gasteiger partial charge in [-0.1, -0.05) is 17.7 Å². The lowest BCUT2D eigenvalue weighted by Crippen LogP contribution is -2.31. The zero-order valence-corrected chi connectivity index (χ0v) is 12.8. The molecule has 0 aliphatic heterocycles. The number of amides is 1. The first-order valence-corrected chi connectivity index (χ1v) is 7.07. The molecule has 0 radical (unpaired) electrons. The maximum Gasteiger partial charge on any atom is 0.309 e.